The molecule has 0 spiro atoms. The molecule has 1 aromatic carbocycles. The van der Waals surface area contributed by atoms with Gasteiger partial charge in [0.25, 0.3) is 0 Å². The molecule has 2 rings (SSSR count). The van der Waals surface area contributed by atoms with Gasteiger partial charge in [-0.25, -0.2) is 0 Å². The molecule has 0 saturated heterocycles. The van der Waals surface area contributed by atoms with E-state index >= 15 is 0 Å². The van der Waals surface area contributed by atoms with Gasteiger partial charge in [0.2, 0.25) is 0 Å². The predicted octanol–water partition coefficient (Wildman–Crippen LogP) is 4.32. The van der Waals surface area contributed by atoms with Crippen molar-refractivity contribution in [2.75, 3.05) is 6.54 Å². The third-order valence-corrected chi connectivity index (χ3v) is 3.96. The van der Waals surface area contributed by atoms with E-state index in [1.807, 2.05) is 12.3 Å². The van der Waals surface area contributed by atoms with Crippen molar-refractivity contribution in [1.29, 1.82) is 0 Å². The number of benzene rings is 1. The Balaban J connectivity index is 2.49. The summed E-state index contributed by atoms with van der Waals surface area (Å²) in [5.74, 6) is 0.672. The molecule has 0 amide bonds. The number of nitrogens with one attached hydrogen (secondary N) is 1. The minimum atomic E-state index is 0.424. The van der Waals surface area contributed by atoms with Crippen LogP contribution in [0.5, 0.6) is 0 Å². The Hall–Kier alpha value is -1.41. The fourth-order valence-corrected chi connectivity index (χ4v) is 2.91. The summed E-state index contributed by atoms with van der Waals surface area (Å²) in [5.41, 5.74) is 2.48. The van der Waals surface area contributed by atoms with Crippen LogP contribution in [0.4, 0.5) is 0 Å². The normalized spacial score (nSPS) is 13.1. The van der Waals surface area contributed by atoms with Crippen LogP contribution in [0.15, 0.2) is 36.5 Å². The van der Waals surface area contributed by atoms with Crippen molar-refractivity contribution in [1.82, 2.24) is 10.3 Å². The van der Waals surface area contributed by atoms with Crippen LogP contribution >= 0.6 is 0 Å². The highest BCUT2D eigenvalue weighted by molar-refractivity contribution is 5.82. The van der Waals surface area contributed by atoms with E-state index in [1.54, 1.807) is 0 Å². The molecule has 2 nitrogen and oxygen atoms in total. The van der Waals surface area contributed by atoms with Gasteiger partial charge in [-0.05, 0) is 30.2 Å². The monoisotopic (exact) mass is 256 g/mol. The van der Waals surface area contributed by atoms with Crippen LogP contribution in [-0.2, 0) is 0 Å². The maximum atomic E-state index is 4.47. The molecule has 0 radical (unpaired) electrons. The summed E-state index contributed by atoms with van der Waals surface area (Å²) < 4.78 is 0. The summed E-state index contributed by atoms with van der Waals surface area (Å²) in [5, 5.41) is 4.95. The van der Waals surface area contributed by atoms with Crippen molar-refractivity contribution in [3.63, 3.8) is 0 Å². The number of fused-ring (bicyclic) bond motifs is 1. The fraction of sp³-hybridized carbons (Fsp3) is 0.471. The molecule has 19 heavy (non-hydrogen) atoms. The van der Waals surface area contributed by atoms with Crippen molar-refractivity contribution < 1.29 is 0 Å². The molecule has 2 aromatic rings. The largest absolute Gasteiger partial charge is 0.310 e. The highest BCUT2D eigenvalue weighted by Crippen LogP contribution is 2.31. The van der Waals surface area contributed by atoms with Gasteiger partial charge in [0, 0.05) is 17.6 Å². The summed E-state index contributed by atoms with van der Waals surface area (Å²) in [6.45, 7) is 7.74. The second-order valence-electron chi connectivity index (χ2n) is 5.03. The molecule has 0 aliphatic rings. The lowest BCUT2D eigenvalue weighted by Gasteiger charge is -2.27. The zero-order valence-electron chi connectivity index (χ0n) is 12.2. The molecule has 2 heteroatoms. The number of pyridine rings is 1. The highest BCUT2D eigenvalue weighted by atomic mass is 14.9. The Morgan fingerprint density at radius 1 is 1.05 bits per heavy atom. The lowest BCUT2D eigenvalue weighted by molar-refractivity contribution is 0.348. The van der Waals surface area contributed by atoms with Gasteiger partial charge in [-0.1, -0.05) is 51.8 Å². The van der Waals surface area contributed by atoms with Gasteiger partial charge < -0.3 is 5.32 Å². The van der Waals surface area contributed by atoms with E-state index in [9.17, 15) is 0 Å². The van der Waals surface area contributed by atoms with Crippen LogP contribution in [0.25, 0.3) is 10.9 Å². The number of hydrogen-bond acceptors (Lipinski definition) is 2. The van der Waals surface area contributed by atoms with Gasteiger partial charge >= 0.3 is 0 Å². The summed E-state index contributed by atoms with van der Waals surface area (Å²) in [6, 6.07) is 11.1. The summed E-state index contributed by atoms with van der Waals surface area (Å²) >= 11 is 0. The molecular formula is C17H24N2. The SMILES string of the molecule is CCNC(c1cccc2ncccc12)C(CC)CC. The van der Waals surface area contributed by atoms with Crippen molar-refractivity contribution in [2.45, 2.75) is 39.7 Å². The first kappa shape index (κ1) is 14.0. The molecule has 0 bridgehead atoms. The van der Waals surface area contributed by atoms with Crippen molar-refractivity contribution in [2.24, 2.45) is 5.92 Å². The van der Waals surface area contributed by atoms with Gasteiger partial charge in [0.15, 0.2) is 0 Å². The number of rotatable bonds is 6. The van der Waals surface area contributed by atoms with Crippen LogP contribution in [0.1, 0.15) is 45.2 Å². The molecule has 0 aliphatic heterocycles. The van der Waals surface area contributed by atoms with E-state index in [0.717, 1.165) is 12.1 Å². The topological polar surface area (TPSA) is 24.9 Å². The first-order valence-corrected chi connectivity index (χ1v) is 7.38. The summed E-state index contributed by atoms with van der Waals surface area (Å²) in [7, 11) is 0. The zero-order chi connectivity index (χ0) is 13.7. The molecule has 0 saturated carbocycles. The van der Waals surface area contributed by atoms with Gasteiger partial charge in [-0.3, -0.25) is 4.98 Å². The Kier molecular flexibility index (Phi) is 4.92. The Bertz CT molecular complexity index is 512. The van der Waals surface area contributed by atoms with Crippen molar-refractivity contribution >= 4 is 10.9 Å². The molecular weight excluding hydrogens is 232 g/mol. The maximum Gasteiger partial charge on any atom is 0.0705 e. The lowest BCUT2D eigenvalue weighted by atomic mass is 9.87. The smallest absolute Gasteiger partial charge is 0.0705 e. The fourth-order valence-electron chi connectivity index (χ4n) is 2.91. The third kappa shape index (κ3) is 2.95. The molecule has 102 valence electrons. The van der Waals surface area contributed by atoms with E-state index in [-0.39, 0.29) is 0 Å². The number of hydrogen-bond donors (Lipinski definition) is 1. The van der Waals surface area contributed by atoms with Crippen LogP contribution < -0.4 is 5.32 Å². The molecule has 1 N–H and O–H groups in total. The third-order valence-electron chi connectivity index (χ3n) is 3.96. The average molecular weight is 256 g/mol. The van der Waals surface area contributed by atoms with E-state index in [2.05, 4.69) is 55.3 Å². The van der Waals surface area contributed by atoms with E-state index in [4.69, 9.17) is 0 Å². The first-order valence-electron chi connectivity index (χ1n) is 7.38. The molecule has 0 aliphatic carbocycles. The highest BCUT2D eigenvalue weighted by Gasteiger charge is 2.21. The number of aromatic nitrogens is 1. The van der Waals surface area contributed by atoms with Gasteiger partial charge in [-0.15, -0.1) is 0 Å². The first-order chi connectivity index (χ1) is 9.31. The lowest BCUT2D eigenvalue weighted by Crippen LogP contribution is -2.28. The Morgan fingerprint density at radius 2 is 1.84 bits per heavy atom. The van der Waals surface area contributed by atoms with E-state index in [1.165, 1.54) is 23.8 Å². The average Bonchev–Trinajstić information content (AvgIpc) is 2.47. The van der Waals surface area contributed by atoms with Gasteiger partial charge in [-0.2, -0.15) is 0 Å². The van der Waals surface area contributed by atoms with Crippen molar-refractivity contribution in [3.8, 4) is 0 Å². The second-order valence-corrected chi connectivity index (χ2v) is 5.03. The maximum absolute atomic E-state index is 4.47. The summed E-state index contributed by atoms with van der Waals surface area (Å²) in [4.78, 5) is 4.47. The Labute approximate surface area is 116 Å². The quantitative estimate of drug-likeness (QED) is 0.832. The molecule has 0 fully saturated rings. The van der Waals surface area contributed by atoms with Gasteiger partial charge in [0.05, 0.1) is 5.52 Å². The zero-order valence-corrected chi connectivity index (χ0v) is 12.2. The van der Waals surface area contributed by atoms with Crippen LogP contribution in [0, 0.1) is 5.92 Å². The Morgan fingerprint density at radius 3 is 2.53 bits per heavy atom. The predicted molar refractivity (Wildman–Crippen MR) is 82.2 cm³/mol. The molecule has 1 aromatic heterocycles. The van der Waals surface area contributed by atoms with Crippen LogP contribution in [0.2, 0.25) is 0 Å². The standard InChI is InChI=1S/C17H24N2/c1-4-13(5-2)17(18-6-3)15-9-7-11-16-14(15)10-8-12-19-16/h7-13,17-18H,4-6H2,1-3H3. The van der Waals surface area contributed by atoms with Crippen LogP contribution in [-0.4, -0.2) is 11.5 Å². The molecule has 1 unspecified atom stereocenters. The minimum Gasteiger partial charge on any atom is -0.310 e. The summed E-state index contributed by atoms with van der Waals surface area (Å²) in [6.07, 6.45) is 4.27. The van der Waals surface area contributed by atoms with Gasteiger partial charge in [0.1, 0.15) is 0 Å². The van der Waals surface area contributed by atoms with Crippen molar-refractivity contribution in [3.05, 3.63) is 42.1 Å². The number of nitrogens with zero attached hydrogens (tertiary/aromatic N) is 1. The molecule has 1 atom stereocenters. The van der Waals surface area contributed by atoms with E-state index < -0.39 is 0 Å². The minimum absolute atomic E-state index is 0.424. The second kappa shape index (κ2) is 6.67. The van der Waals surface area contributed by atoms with Crippen LogP contribution in [0.3, 0.4) is 0 Å². The molecule has 1 heterocycles. The van der Waals surface area contributed by atoms with E-state index in [0.29, 0.717) is 12.0 Å².